The van der Waals surface area contributed by atoms with Gasteiger partial charge in [-0.1, -0.05) is 27.2 Å². The SMILES string of the molecule is CCCC1CCN(CCCC(C)(C)C(=N)N)C1. The third-order valence-corrected chi connectivity index (χ3v) is 4.07. The molecular formula is C14H29N3. The third-order valence-electron chi connectivity index (χ3n) is 4.07. The molecule has 0 amide bonds. The third kappa shape index (κ3) is 4.66. The standard InChI is InChI=1S/C14H29N3/c1-4-6-12-7-10-17(11-12)9-5-8-14(2,3)13(15)16/h12H,4-11H2,1-3H3,(H3,15,16). The van der Waals surface area contributed by atoms with Gasteiger partial charge in [0.25, 0.3) is 0 Å². The van der Waals surface area contributed by atoms with E-state index in [0.717, 1.165) is 18.8 Å². The predicted octanol–water partition coefficient (Wildman–Crippen LogP) is 2.85. The number of rotatable bonds is 7. The summed E-state index contributed by atoms with van der Waals surface area (Å²) in [4.78, 5) is 2.58. The zero-order valence-electron chi connectivity index (χ0n) is 11.8. The van der Waals surface area contributed by atoms with Gasteiger partial charge in [-0.15, -0.1) is 0 Å². The Bertz CT molecular complexity index is 248. The van der Waals surface area contributed by atoms with Crippen LogP contribution < -0.4 is 5.73 Å². The van der Waals surface area contributed by atoms with Gasteiger partial charge in [0.2, 0.25) is 0 Å². The van der Waals surface area contributed by atoms with Gasteiger partial charge in [-0.25, -0.2) is 0 Å². The molecule has 0 bridgehead atoms. The van der Waals surface area contributed by atoms with Crippen molar-refractivity contribution in [2.45, 2.75) is 52.9 Å². The molecule has 17 heavy (non-hydrogen) atoms. The Morgan fingerprint density at radius 3 is 2.76 bits per heavy atom. The summed E-state index contributed by atoms with van der Waals surface area (Å²) in [6.07, 6.45) is 6.26. The zero-order chi connectivity index (χ0) is 12.9. The molecule has 1 heterocycles. The maximum Gasteiger partial charge on any atom is 0.0963 e. The molecule has 3 N–H and O–H groups in total. The monoisotopic (exact) mass is 239 g/mol. The van der Waals surface area contributed by atoms with Crippen LogP contribution >= 0.6 is 0 Å². The zero-order valence-corrected chi connectivity index (χ0v) is 11.8. The maximum absolute atomic E-state index is 7.54. The lowest BCUT2D eigenvalue weighted by atomic mass is 9.86. The van der Waals surface area contributed by atoms with Crippen molar-refractivity contribution in [2.75, 3.05) is 19.6 Å². The first-order valence-electron chi connectivity index (χ1n) is 7.02. The van der Waals surface area contributed by atoms with Crippen LogP contribution in [-0.2, 0) is 0 Å². The number of hydrogen-bond acceptors (Lipinski definition) is 2. The van der Waals surface area contributed by atoms with Crippen molar-refractivity contribution in [2.24, 2.45) is 17.1 Å². The van der Waals surface area contributed by atoms with Crippen molar-refractivity contribution < 1.29 is 0 Å². The number of nitrogens with one attached hydrogen (secondary N) is 1. The Morgan fingerprint density at radius 1 is 1.47 bits per heavy atom. The van der Waals surface area contributed by atoms with Gasteiger partial charge < -0.3 is 10.6 Å². The molecule has 1 rings (SSSR count). The number of amidine groups is 1. The minimum absolute atomic E-state index is 0.122. The lowest BCUT2D eigenvalue weighted by Gasteiger charge is -2.24. The van der Waals surface area contributed by atoms with E-state index in [1.54, 1.807) is 0 Å². The Hall–Kier alpha value is -0.570. The van der Waals surface area contributed by atoms with E-state index in [-0.39, 0.29) is 5.41 Å². The Kier molecular flexibility index (Phi) is 5.44. The van der Waals surface area contributed by atoms with Crippen molar-refractivity contribution in [3.05, 3.63) is 0 Å². The highest BCUT2D eigenvalue weighted by Gasteiger charge is 2.24. The summed E-state index contributed by atoms with van der Waals surface area (Å²) in [5, 5.41) is 7.54. The normalized spacial score (nSPS) is 21.9. The van der Waals surface area contributed by atoms with E-state index in [1.165, 1.54) is 38.9 Å². The molecule has 0 radical (unpaired) electrons. The number of nitrogens with two attached hydrogens (primary N) is 1. The van der Waals surface area contributed by atoms with Gasteiger partial charge in [-0.2, -0.15) is 0 Å². The molecule has 3 heteroatoms. The summed E-state index contributed by atoms with van der Waals surface area (Å²) in [5.41, 5.74) is 5.47. The summed E-state index contributed by atoms with van der Waals surface area (Å²) < 4.78 is 0. The summed E-state index contributed by atoms with van der Waals surface area (Å²) in [6, 6.07) is 0. The predicted molar refractivity (Wildman–Crippen MR) is 74.4 cm³/mol. The highest BCUT2D eigenvalue weighted by Crippen LogP contribution is 2.24. The van der Waals surface area contributed by atoms with Gasteiger partial charge in [0, 0.05) is 12.0 Å². The van der Waals surface area contributed by atoms with Crippen LogP contribution in [0.5, 0.6) is 0 Å². The minimum Gasteiger partial charge on any atom is -0.387 e. The molecule has 1 saturated heterocycles. The molecule has 0 aromatic heterocycles. The topological polar surface area (TPSA) is 53.1 Å². The Labute approximate surface area is 106 Å². The molecule has 0 aromatic rings. The van der Waals surface area contributed by atoms with Gasteiger partial charge in [0.15, 0.2) is 0 Å². The molecule has 3 nitrogen and oxygen atoms in total. The fourth-order valence-electron chi connectivity index (χ4n) is 2.64. The smallest absolute Gasteiger partial charge is 0.0963 e. The van der Waals surface area contributed by atoms with Crippen molar-refractivity contribution in [3.63, 3.8) is 0 Å². The maximum atomic E-state index is 7.54. The summed E-state index contributed by atoms with van der Waals surface area (Å²) in [7, 11) is 0. The molecule has 0 aromatic carbocycles. The average molecular weight is 239 g/mol. The first kappa shape index (κ1) is 14.5. The van der Waals surface area contributed by atoms with E-state index in [2.05, 4.69) is 25.7 Å². The molecule has 100 valence electrons. The number of hydrogen-bond donors (Lipinski definition) is 2. The summed E-state index contributed by atoms with van der Waals surface area (Å²) in [5.74, 6) is 1.25. The molecule has 1 aliphatic rings. The molecular weight excluding hydrogens is 210 g/mol. The lowest BCUT2D eigenvalue weighted by Crippen LogP contribution is -2.32. The molecule has 1 fully saturated rings. The molecule has 1 aliphatic heterocycles. The summed E-state index contributed by atoms with van der Waals surface area (Å²) >= 11 is 0. The fraction of sp³-hybridized carbons (Fsp3) is 0.929. The first-order chi connectivity index (χ1) is 7.95. The second-order valence-electron chi connectivity index (χ2n) is 6.15. The second-order valence-corrected chi connectivity index (χ2v) is 6.15. The highest BCUT2D eigenvalue weighted by molar-refractivity contribution is 5.82. The molecule has 1 unspecified atom stereocenters. The van der Waals surface area contributed by atoms with Crippen molar-refractivity contribution in [3.8, 4) is 0 Å². The first-order valence-corrected chi connectivity index (χ1v) is 7.02. The van der Waals surface area contributed by atoms with Crippen LogP contribution in [0, 0.1) is 16.7 Å². The second kappa shape index (κ2) is 6.39. The van der Waals surface area contributed by atoms with Gasteiger partial charge in [0.1, 0.15) is 0 Å². The van der Waals surface area contributed by atoms with Crippen molar-refractivity contribution in [1.29, 1.82) is 5.41 Å². The van der Waals surface area contributed by atoms with Crippen molar-refractivity contribution in [1.82, 2.24) is 4.90 Å². The molecule has 0 aliphatic carbocycles. The van der Waals surface area contributed by atoms with Gasteiger partial charge in [-0.05, 0) is 44.7 Å². The van der Waals surface area contributed by atoms with Gasteiger partial charge in [-0.3, -0.25) is 5.41 Å². The van der Waals surface area contributed by atoms with Crippen LogP contribution in [0.25, 0.3) is 0 Å². The van der Waals surface area contributed by atoms with Crippen molar-refractivity contribution >= 4 is 5.84 Å². The number of likely N-dealkylation sites (tertiary alicyclic amines) is 1. The Balaban J connectivity index is 2.18. The summed E-state index contributed by atoms with van der Waals surface area (Å²) in [6.45, 7) is 10.1. The number of nitrogens with zero attached hydrogens (tertiary/aromatic N) is 1. The van der Waals surface area contributed by atoms with Crippen LogP contribution in [0.2, 0.25) is 0 Å². The van der Waals surface area contributed by atoms with E-state index in [9.17, 15) is 0 Å². The van der Waals surface area contributed by atoms with E-state index >= 15 is 0 Å². The molecule has 0 saturated carbocycles. The largest absolute Gasteiger partial charge is 0.387 e. The van der Waals surface area contributed by atoms with Crippen LogP contribution in [0.15, 0.2) is 0 Å². The highest BCUT2D eigenvalue weighted by atomic mass is 15.1. The lowest BCUT2D eigenvalue weighted by molar-refractivity contribution is 0.296. The van der Waals surface area contributed by atoms with Crippen LogP contribution in [0.1, 0.15) is 52.9 Å². The fourth-order valence-corrected chi connectivity index (χ4v) is 2.64. The van der Waals surface area contributed by atoms with E-state index in [0.29, 0.717) is 5.84 Å². The molecule has 1 atom stereocenters. The van der Waals surface area contributed by atoms with Crippen LogP contribution in [0.4, 0.5) is 0 Å². The van der Waals surface area contributed by atoms with Gasteiger partial charge in [0.05, 0.1) is 5.84 Å². The van der Waals surface area contributed by atoms with E-state index in [4.69, 9.17) is 11.1 Å². The molecule has 0 spiro atoms. The Morgan fingerprint density at radius 2 is 2.18 bits per heavy atom. The average Bonchev–Trinajstić information content (AvgIpc) is 2.66. The minimum atomic E-state index is -0.122. The van der Waals surface area contributed by atoms with E-state index < -0.39 is 0 Å². The quantitative estimate of drug-likeness (QED) is 0.530. The van der Waals surface area contributed by atoms with E-state index in [1.807, 2.05) is 0 Å². The van der Waals surface area contributed by atoms with Crippen LogP contribution in [-0.4, -0.2) is 30.4 Å². The van der Waals surface area contributed by atoms with Gasteiger partial charge >= 0.3 is 0 Å². The van der Waals surface area contributed by atoms with Crippen LogP contribution in [0.3, 0.4) is 0 Å².